The maximum atomic E-state index is 12.5. The van der Waals surface area contributed by atoms with Crippen molar-refractivity contribution in [1.82, 2.24) is 4.90 Å². The zero-order valence-corrected chi connectivity index (χ0v) is 16.6. The summed E-state index contributed by atoms with van der Waals surface area (Å²) >= 11 is 0. The number of carbonyl (C=O) groups excluding carboxylic acids is 1. The van der Waals surface area contributed by atoms with Crippen molar-refractivity contribution in [2.45, 2.75) is 0 Å². The Balaban J connectivity index is 1.52. The average molecular weight is 385 g/mol. The SMILES string of the molecule is COc1ccc(N2CCN(CC(=O)Nc3cc(OC)ccc3OC)CC2)cc1. The third-order valence-electron chi connectivity index (χ3n) is 4.86. The first-order valence-corrected chi connectivity index (χ1v) is 9.26. The summed E-state index contributed by atoms with van der Waals surface area (Å²) in [4.78, 5) is 17.0. The van der Waals surface area contributed by atoms with Crippen LogP contribution >= 0.6 is 0 Å². The van der Waals surface area contributed by atoms with E-state index < -0.39 is 0 Å². The average Bonchev–Trinajstić information content (AvgIpc) is 2.74. The number of amides is 1. The maximum Gasteiger partial charge on any atom is 0.238 e. The lowest BCUT2D eigenvalue weighted by atomic mass is 10.2. The number of benzene rings is 2. The van der Waals surface area contributed by atoms with E-state index >= 15 is 0 Å². The van der Waals surface area contributed by atoms with Crippen molar-refractivity contribution in [3.63, 3.8) is 0 Å². The van der Waals surface area contributed by atoms with Crippen LogP contribution in [0.1, 0.15) is 0 Å². The number of methoxy groups -OCH3 is 3. The van der Waals surface area contributed by atoms with E-state index in [0.717, 1.165) is 31.9 Å². The lowest BCUT2D eigenvalue weighted by molar-refractivity contribution is -0.117. The molecule has 0 atom stereocenters. The van der Waals surface area contributed by atoms with Gasteiger partial charge in [-0.3, -0.25) is 9.69 Å². The fraction of sp³-hybridized carbons (Fsp3) is 0.381. The summed E-state index contributed by atoms with van der Waals surface area (Å²) < 4.78 is 15.7. The largest absolute Gasteiger partial charge is 0.497 e. The first kappa shape index (κ1) is 19.8. The molecule has 7 heteroatoms. The molecule has 1 aliphatic rings. The van der Waals surface area contributed by atoms with E-state index in [9.17, 15) is 4.79 Å². The molecule has 1 heterocycles. The number of anilines is 2. The Hall–Kier alpha value is -2.93. The Bertz CT molecular complexity index is 787. The van der Waals surface area contributed by atoms with Crippen molar-refractivity contribution in [3.8, 4) is 17.2 Å². The molecule has 7 nitrogen and oxygen atoms in total. The van der Waals surface area contributed by atoms with E-state index in [1.807, 2.05) is 12.1 Å². The van der Waals surface area contributed by atoms with Crippen LogP contribution in [0.15, 0.2) is 42.5 Å². The second-order valence-corrected chi connectivity index (χ2v) is 6.58. The highest BCUT2D eigenvalue weighted by Crippen LogP contribution is 2.29. The summed E-state index contributed by atoms with van der Waals surface area (Å²) in [6.07, 6.45) is 0. The predicted octanol–water partition coefficient (Wildman–Crippen LogP) is 2.47. The molecule has 1 amide bonds. The molecule has 0 spiro atoms. The smallest absolute Gasteiger partial charge is 0.238 e. The molecule has 28 heavy (non-hydrogen) atoms. The van der Waals surface area contributed by atoms with Crippen molar-refractivity contribution in [2.75, 3.05) is 64.3 Å². The van der Waals surface area contributed by atoms with Crippen LogP contribution in [0.2, 0.25) is 0 Å². The lowest BCUT2D eigenvalue weighted by Gasteiger charge is -2.35. The Kier molecular flexibility index (Phi) is 6.60. The molecule has 0 aliphatic carbocycles. The van der Waals surface area contributed by atoms with Crippen LogP contribution in [-0.2, 0) is 4.79 Å². The zero-order chi connectivity index (χ0) is 19.9. The van der Waals surface area contributed by atoms with Gasteiger partial charge in [-0.25, -0.2) is 0 Å². The van der Waals surface area contributed by atoms with Gasteiger partial charge in [0.2, 0.25) is 5.91 Å². The van der Waals surface area contributed by atoms with Gasteiger partial charge in [0.1, 0.15) is 17.2 Å². The molecule has 1 saturated heterocycles. The first-order valence-electron chi connectivity index (χ1n) is 9.26. The van der Waals surface area contributed by atoms with Gasteiger partial charge in [0, 0.05) is 37.9 Å². The van der Waals surface area contributed by atoms with Crippen molar-refractivity contribution in [2.24, 2.45) is 0 Å². The molecule has 0 saturated carbocycles. The third kappa shape index (κ3) is 4.86. The molecule has 0 bridgehead atoms. The van der Waals surface area contributed by atoms with Gasteiger partial charge < -0.3 is 24.4 Å². The number of carbonyl (C=O) groups is 1. The number of nitrogens with one attached hydrogen (secondary N) is 1. The number of rotatable bonds is 7. The van der Waals surface area contributed by atoms with E-state index in [1.54, 1.807) is 39.5 Å². The first-order chi connectivity index (χ1) is 13.6. The molecule has 1 fully saturated rings. The van der Waals surface area contributed by atoms with Crippen molar-refractivity contribution in [1.29, 1.82) is 0 Å². The quantitative estimate of drug-likeness (QED) is 0.790. The van der Waals surface area contributed by atoms with Crippen molar-refractivity contribution in [3.05, 3.63) is 42.5 Å². The van der Waals surface area contributed by atoms with Crippen LogP contribution in [0.5, 0.6) is 17.2 Å². The van der Waals surface area contributed by atoms with Gasteiger partial charge in [-0.05, 0) is 36.4 Å². The third-order valence-corrected chi connectivity index (χ3v) is 4.86. The fourth-order valence-electron chi connectivity index (χ4n) is 3.26. The van der Waals surface area contributed by atoms with Crippen LogP contribution in [0.25, 0.3) is 0 Å². The molecule has 1 aliphatic heterocycles. The van der Waals surface area contributed by atoms with Crippen LogP contribution in [0.4, 0.5) is 11.4 Å². The van der Waals surface area contributed by atoms with E-state index in [0.29, 0.717) is 23.7 Å². The summed E-state index contributed by atoms with van der Waals surface area (Å²) in [5.41, 5.74) is 1.79. The van der Waals surface area contributed by atoms with Crippen LogP contribution in [0, 0.1) is 0 Å². The van der Waals surface area contributed by atoms with Crippen LogP contribution in [-0.4, -0.2) is 64.9 Å². The Morgan fingerprint density at radius 2 is 1.54 bits per heavy atom. The van der Waals surface area contributed by atoms with E-state index in [4.69, 9.17) is 14.2 Å². The van der Waals surface area contributed by atoms with Gasteiger partial charge in [-0.15, -0.1) is 0 Å². The van der Waals surface area contributed by atoms with E-state index in [1.165, 1.54) is 5.69 Å². The standard InChI is InChI=1S/C21H27N3O4/c1-26-17-6-4-16(5-7-17)24-12-10-23(11-13-24)15-21(25)22-19-14-18(27-2)8-9-20(19)28-3/h4-9,14H,10-13,15H2,1-3H3,(H,22,25). The Morgan fingerprint density at radius 3 is 2.14 bits per heavy atom. The zero-order valence-electron chi connectivity index (χ0n) is 16.6. The molecule has 1 N–H and O–H groups in total. The molecule has 0 aromatic heterocycles. The lowest BCUT2D eigenvalue weighted by Crippen LogP contribution is -2.48. The normalized spacial score (nSPS) is 14.5. The molecule has 150 valence electrons. The summed E-state index contributed by atoms with van der Waals surface area (Å²) in [7, 11) is 4.84. The van der Waals surface area contributed by atoms with Gasteiger partial charge >= 0.3 is 0 Å². The van der Waals surface area contributed by atoms with Gasteiger partial charge in [0.05, 0.1) is 33.6 Å². The van der Waals surface area contributed by atoms with E-state index in [-0.39, 0.29) is 5.91 Å². The highest BCUT2D eigenvalue weighted by Gasteiger charge is 2.20. The number of hydrogen-bond donors (Lipinski definition) is 1. The Labute approximate surface area is 165 Å². The number of ether oxygens (including phenoxy) is 3. The number of hydrogen-bond acceptors (Lipinski definition) is 6. The van der Waals surface area contributed by atoms with Gasteiger partial charge in [-0.1, -0.05) is 0 Å². The topological polar surface area (TPSA) is 63.3 Å². The minimum absolute atomic E-state index is 0.0653. The summed E-state index contributed by atoms with van der Waals surface area (Å²) in [6, 6.07) is 13.4. The van der Waals surface area contributed by atoms with Gasteiger partial charge in [0.15, 0.2) is 0 Å². The van der Waals surface area contributed by atoms with Gasteiger partial charge in [-0.2, -0.15) is 0 Å². The molecular weight excluding hydrogens is 358 g/mol. The highest BCUT2D eigenvalue weighted by atomic mass is 16.5. The molecule has 3 rings (SSSR count). The summed E-state index contributed by atoms with van der Waals surface area (Å²) in [5, 5.41) is 2.93. The molecule has 0 unspecified atom stereocenters. The molecule has 2 aromatic carbocycles. The van der Waals surface area contributed by atoms with Crippen LogP contribution < -0.4 is 24.4 Å². The van der Waals surface area contributed by atoms with Crippen molar-refractivity contribution >= 4 is 17.3 Å². The minimum atomic E-state index is -0.0653. The minimum Gasteiger partial charge on any atom is -0.497 e. The van der Waals surface area contributed by atoms with Crippen molar-refractivity contribution < 1.29 is 19.0 Å². The molecular formula is C21H27N3O4. The second kappa shape index (κ2) is 9.32. The summed E-state index contributed by atoms with van der Waals surface area (Å²) in [5.74, 6) is 2.07. The van der Waals surface area contributed by atoms with Crippen LogP contribution in [0.3, 0.4) is 0 Å². The Morgan fingerprint density at radius 1 is 0.893 bits per heavy atom. The second-order valence-electron chi connectivity index (χ2n) is 6.58. The number of piperazine rings is 1. The molecule has 0 radical (unpaired) electrons. The maximum absolute atomic E-state index is 12.5. The number of nitrogens with zero attached hydrogens (tertiary/aromatic N) is 2. The van der Waals surface area contributed by atoms with E-state index in [2.05, 4.69) is 27.2 Å². The summed E-state index contributed by atoms with van der Waals surface area (Å²) in [6.45, 7) is 3.75. The highest BCUT2D eigenvalue weighted by molar-refractivity contribution is 5.94. The van der Waals surface area contributed by atoms with Gasteiger partial charge in [0.25, 0.3) is 0 Å². The monoisotopic (exact) mass is 385 g/mol. The molecule has 2 aromatic rings. The fourth-order valence-corrected chi connectivity index (χ4v) is 3.26. The predicted molar refractivity (Wildman–Crippen MR) is 110 cm³/mol.